The van der Waals surface area contributed by atoms with Crippen LogP contribution < -0.4 is 0 Å². The van der Waals surface area contributed by atoms with Crippen LogP contribution in [0.4, 0.5) is 39.5 Å². The van der Waals surface area contributed by atoms with E-state index in [0.717, 1.165) is 0 Å². The summed E-state index contributed by atoms with van der Waals surface area (Å²) in [5.74, 6) is -5.38. The van der Waals surface area contributed by atoms with Crippen LogP contribution in [0.2, 0.25) is 0 Å². The molecule has 0 saturated heterocycles. The Balaban J connectivity index is 3.50. The number of rotatable bonds is 6. The van der Waals surface area contributed by atoms with Gasteiger partial charge in [0, 0.05) is 5.92 Å². The fourth-order valence-electron chi connectivity index (χ4n) is 4.95. The molecule has 0 radical (unpaired) electrons. The highest BCUT2D eigenvalue weighted by atomic mass is 19.4. The Kier molecular flexibility index (Phi) is 8.72. The van der Waals surface area contributed by atoms with Crippen molar-refractivity contribution < 1.29 is 54.2 Å². The molecule has 1 aliphatic rings. The van der Waals surface area contributed by atoms with Crippen LogP contribution in [0.3, 0.4) is 0 Å². The lowest BCUT2D eigenvalue weighted by Gasteiger charge is -2.48. The average Bonchev–Trinajstić information content (AvgIpc) is 2.62. The predicted octanol–water partition coefficient (Wildman–Crippen LogP) is 7.61. The van der Waals surface area contributed by atoms with Crippen molar-refractivity contribution in [1.82, 2.24) is 0 Å². The van der Waals surface area contributed by atoms with Crippen molar-refractivity contribution in [2.45, 2.75) is 111 Å². The minimum Gasteiger partial charge on any atom is -0.462 e. The van der Waals surface area contributed by atoms with Gasteiger partial charge in [-0.15, -0.1) is 0 Å². The first kappa shape index (κ1) is 31.8. The quantitative estimate of drug-likeness (QED) is 0.284. The molecule has 0 spiro atoms. The van der Waals surface area contributed by atoms with E-state index in [1.165, 1.54) is 6.92 Å². The van der Waals surface area contributed by atoms with Crippen LogP contribution in [0.25, 0.3) is 0 Å². The Morgan fingerprint density at radius 1 is 0.771 bits per heavy atom. The van der Waals surface area contributed by atoms with Gasteiger partial charge in [0.15, 0.2) is 0 Å². The molecule has 1 N–H and O–H groups in total. The zero-order valence-electron chi connectivity index (χ0n) is 20.9. The first-order valence-corrected chi connectivity index (χ1v) is 11.4. The van der Waals surface area contributed by atoms with Gasteiger partial charge >= 0.3 is 24.5 Å². The summed E-state index contributed by atoms with van der Waals surface area (Å²) < 4.78 is 128. The molecule has 3 nitrogen and oxygen atoms in total. The highest BCUT2D eigenvalue weighted by Gasteiger charge is 2.74. The van der Waals surface area contributed by atoms with E-state index in [0.29, 0.717) is 13.8 Å². The monoisotopic (exact) mass is 530 g/mol. The van der Waals surface area contributed by atoms with Crippen molar-refractivity contribution in [3.8, 4) is 0 Å². The Morgan fingerprint density at radius 2 is 1.20 bits per heavy atom. The SMILES string of the molecule is CCC(C)(CC(C)(C)C)C(=O)OC1CC(C(C)(C)C(F)(F)F)CC(C(O)(C(F)(F)F)C(F)(F)F)C1. The van der Waals surface area contributed by atoms with E-state index in [4.69, 9.17) is 4.74 Å². The van der Waals surface area contributed by atoms with Crippen molar-refractivity contribution in [2.75, 3.05) is 0 Å². The highest BCUT2D eigenvalue weighted by molar-refractivity contribution is 5.76. The van der Waals surface area contributed by atoms with Gasteiger partial charge < -0.3 is 9.84 Å². The predicted molar refractivity (Wildman–Crippen MR) is 110 cm³/mol. The molecule has 1 fully saturated rings. The average molecular weight is 531 g/mol. The van der Waals surface area contributed by atoms with E-state index in [1.807, 2.05) is 20.8 Å². The van der Waals surface area contributed by atoms with Gasteiger partial charge in [0.05, 0.1) is 10.8 Å². The molecular formula is C23H35F9O3. The molecule has 0 aromatic heterocycles. The van der Waals surface area contributed by atoms with Gasteiger partial charge in [0.2, 0.25) is 0 Å². The van der Waals surface area contributed by atoms with Crippen LogP contribution in [0, 0.1) is 28.1 Å². The molecule has 12 heteroatoms. The summed E-state index contributed by atoms with van der Waals surface area (Å²) in [6.45, 7) is 9.99. The smallest absolute Gasteiger partial charge is 0.426 e. The van der Waals surface area contributed by atoms with Gasteiger partial charge in [-0.25, -0.2) is 0 Å². The summed E-state index contributed by atoms with van der Waals surface area (Å²) in [6, 6.07) is 0. The molecule has 0 aromatic carbocycles. The topological polar surface area (TPSA) is 46.5 Å². The zero-order chi connectivity index (χ0) is 28.1. The van der Waals surface area contributed by atoms with Gasteiger partial charge in [0.1, 0.15) is 6.10 Å². The summed E-state index contributed by atoms with van der Waals surface area (Å²) in [5, 5.41) is 9.93. The van der Waals surface area contributed by atoms with Crippen LogP contribution in [0.5, 0.6) is 0 Å². The number of alkyl halides is 9. The normalized spacial score (nSPS) is 25.2. The second-order valence-electron chi connectivity index (χ2n) is 11.8. The lowest BCUT2D eigenvalue weighted by atomic mass is 9.63. The van der Waals surface area contributed by atoms with Crippen LogP contribution in [0.1, 0.15) is 80.6 Å². The molecule has 4 unspecified atom stereocenters. The molecule has 1 rings (SSSR count). The Bertz CT molecular complexity index is 733. The van der Waals surface area contributed by atoms with Crippen LogP contribution in [-0.4, -0.2) is 41.3 Å². The minimum absolute atomic E-state index is 0.228. The van der Waals surface area contributed by atoms with Crippen LogP contribution >= 0.6 is 0 Å². The summed E-state index contributed by atoms with van der Waals surface area (Å²) >= 11 is 0. The Morgan fingerprint density at radius 3 is 1.54 bits per heavy atom. The number of ether oxygens (including phenoxy) is 1. The number of carbonyl (C=O) groups excluding carboxylic acids is 1. The van der Waals surface area contributed by atoms with Gasteiger partial charge in [0.25, 0.3) is 5.60 Å². The Hall–Kier alpha value is -1.20. The number of aliphatic hydroxyl groups is 1. The third-order valence-electron chi connectivity index (χ3n) is 7.34. The molecule has 0 amide bonds. The fourth-order valence-corrected chi connectivity index (χ4v) is 4.95. The molecular weight excluding hydrogens is 495 g/mol. The lowest BCUT2D eigenvalue weighted by molar-refractivity contribution is -0.390. The third kappa shape index (κ3) is 6.57. The summed E-state index contributed by atoms with van der Waals surface area (Å²) in [6.07, 6.45) is -21.4. The van der Waals surface area contributed by atoms with Gasteiger partial charge in [-0.2, -0.15) is 39.5 Å². The number of hydrogen-bond donors (Lipinski definition) is 1. The van der Waals surface area contributed by atoms with Crippen LogP contribution in [0.15, 0.2) is 0 Å². The molecule has 1 aliphatic carbocycles. The molecule has 208 valence electrons. The van der Waals surface area contributed by atoms with Gasteiger partial charge in [-0.3, -0.25) is 4.79 Å². The van der Waals surface area contributed by atoms with E-state index in [2.05, 4.69) is 0 Å². The number of hydrogen-bond acceptors (Lipinski definition) is 3. The first-order chi connectivity index (χ1) is 15.2. The van der Waals surface area contributed by atoms with Crippen molar-refractivity contribution in [3.05, 3.63) is 0 Å². The van der Waals surface area contributed by atoms with Crippen molar-refractivity contribution >= 4 is 5.97 Å². The summed E-state index contributed by atoms with van der Waals surface area (Å²) in [5.41, 5.74) is -9.52. The first-order valence-electron chi connectivity index (χ1n) is 11.4. The number of halogens is 9. The number of carbonyl (C=O) groups is 1. The second kappa shape index (κ2) is 9.59. The lowest BCUT2D eigenvalue weighted by Crippen LogP contribution is -2.64. The highest BCUT2D eigenvalue weighted by Crippen LogP contribution is 2.57. The molecule has 4 atom stereocenters. The zero-order valence-corrected chi connectivity index (χ0v) is 20.9. The third-order valence-corrected chi connectivity index (χ3v) is 7.34. The van der Waals surface area contributed by atoms with Gasteiger partial charge in [-0.05, 0) is 50.4 Å². The fraction of sp³-hybridized carbons (Fsp3) is 0.957. The molecule has 0 heterocycles. The molecule has 35 heavy (non-hydrogen) atoms. The second-order valence-corrected chi connectivity index (χ2v) is 11.8. The van der Waals surface area contributed by atoms with E-state index in [-0.39, 0.29) is 12.8 Å². The van der Waals surface area contributed by atoms with E-state index >= 15 is 0 Å². The summed E-state index contributed by atoms with van der Waals surface area (Å²) in [4.78, 5) is 13.0. The molecule has 0 bridgehead atoms. The van der Waals surface area contributed by atoms with E-state index < -0.39 is 83.5 Å². The van der Waals surface area contributed by atoms with E-state index in [1.54, 1.807) is 6.92 Å². The van der Waals surface area contributed by atoms with Crippen molar-refractivity contribution in [2.24, 2.45) is 28.1 Å². The molecule has 0 aromatic rings. The largest absolute Gasteiger partial charge is 0.462 e. The Labute approximate surface area is 199 Å². The molecule has 0 aliphatic heterocycles. The summed E-state index contributed by atoms with van der Waals surface area (Å²) in [7, 11) is 0. The minimum atomic E-state index is -6.21. The maximum atomic E-state index is 13.7. The maximum absolute atomic E-state index is 13.7. The van der Waals surface area contributed by atoms with E-state index in [9.17, 15) is 49.4 Å². The standard InChI is InChI=1S/C23H35F9O3/c1-8-19(7,12-17(2,3)4)16(33)35-15-10-13(18(5,6)21(24,25)26)9-14(11-15)20(34,22(27,28)29)23(30,31)32/h13-15,34H,8-12H2,1-7H3. The van der Waals surface area contributed by atoms with Crippen LogP contribution in [-0.2, 0) is 9.53 Å². The van der Waals surface area contributed by atoms with Crippen molar-refractivity contribution in [1.29, 1.82) is 0 Å². The van der Waals surface area contributed by atoms with Crippen molar-refractivity contribution in [3.63, 3.8) is 0 Å². The maximum Gasteiger partial charge on any atom is 0.426 e. The molecule has 1 saturated carbocycles. The van der Waals surface area contributed by atoms with Gasteiger partial charge in [-0.1, -0.05) is 41.5 Å². The number of esters is 1.